The number of aliphatic hydroxyl groups excluding tert-OH is 2. The summed E-state index contributed by atoms with van der Waals surface area (Å²) in [6, 6.07) is 4.61. The number of fused-ring (bicyclic) bond motifs is 3. The van der Waals surface area contributed by atoms with E-state index in [0.717, 1.165) is 12.8 Å². The number of aromatic hydroxyl groups is 1. The standard InChI is InChI=1S/C40H46O12/c1-7-8-9-10-11-12-13-18-37-50-34-30-33-36(21-41,49-33)35(45)38(46)28(19-23(4)31(38)44)40(30,52-37)24(5)32(39(34,51-37)22(2)3)48-29(43)17-15-25-14-16-26(42)27(20-25)47-6/h9-20,24,28,30,32-35,41-42,45-46H,2,7-8,21H2,1,3-6H3/t24-,28-,30+,32-,33+,34-,35-,36+,37-,38-,39+,40+/m1/s1. The monoisotopic (exact) mass is 718 g/mol. The lowest BCUT2D eigenvalue weighted by Crippen LogP contribution is -2.76. The molecule has 3 heterocycles. The van der Waals surface area contributed by atoms with Crippen LogP contribution in [0.3, 0.4) is 0 Å². The number of Topliss-reactive ketones (excluding diaryl/α,β-unsaturated/α-hetero) is 1. The lowest BCUT2D eigenvalue weighted by Gasteiger charge is -2.61. The minimum Gasteiger partial charge on any atom is -0.504 e. The van der Waals surface area contributed by atoms with Gasteiger partial charge in [0, 0.05) is 29.9 Å². The van der Waals surface area contributed by atoms with Crippen LogP contribution in [0.25, 0.3) is 6.08 Å². The number of phenolic OH excluding ortho intramolecular Hbond substituents is 1. The van der Waals surface area contributed by atoms with Crippen LogP contribution in [-0.4, -0.2) is 98.7 Å². The molecule has 5 fully saturated rings. The van der Waals surface area contributed by atoms with Crippen LogP contribution in [0.1, 0.15) is 46.1 Å². The fraction of sp³-hybridized carbons (Fsp3) is 0.500. The normalized spacial score (nSPS) is 42.8. The fourth-order valence-electron chi connectivity index (χ4n) is 9.40. The summed E-state index contributed by atoms with van der Waals surface area (Å²) in [4.78, 5) is 27.7. The average Bonchev–Trinajstić information content (AvgIpc) is 3.75. The highest BCUT2D eigenvalue weighted by molar-refractivity contribution is 6.05. The molecule has 3 aliphatic carbocycles. The number of allylic oxidation sites excluding steroid dienone is 5. The molecule has 3 bridgehead atoms. The van der Waals surface area contributed by atoms with Crippen molar-refractivity contribution >= 4 is 17.8 Å². The summed E-state index contributed by atoms with van der Waals surface area (Å²) in [6.45, 7) is 10.8. The SMILES string of the molecule is C=C(C)[C@@]12O[C@@]3(C=CC=CC=CCCC)O[C@@H]1[C@@H]1[C@@H]4O[C@]4(CO)[C@@H](O)[C@]4(O)C(=O)C(C)=C[C@H]4[C@@]1(O3)[C@H](C)[C@H]2OC(=O)C=Cc1ccc(O)c(OC)c1. The Morgan fingerprint density at radius 1 is 1.12 bits per heavy atom. The molecule has 278 valence electrons. The van der Waals surface area contributed by atoms with Gasteiger partial charge in [-0.1, -0.05) is 69.4 Å². The number of carbonyl (C=O) groups excluding carboxylic acids is 2. The Hall–Kier alpha value is -3.88. The lowest BCUT2D eigenvalue weighted by atomic mass is 9.53. The van der Waals surface area contributed by atoms with E-state index in [9.17, 15) is 30.0 Å². The molecule has 12 heteroatoms. The Balaban J connectivity index is 1.36. The van der Waals surface area contributed by atoms with Crippen LogP contribution < -0.4 is 4.74 Å². The van der Waals surface area contributed by atoms with E-state index in [1.165, 1.54) is 25.3 Å². The van der Waals surface area contributed by atoms with Crippen molar-refractivity contribution in [1.29, 1.82) is 0 Å². The van der Waals surface area contributed by atoms with E-state index < -0.39 is 88.9 Å². The molecule has 6 aliphatic rings. The van der Waals surface area contributed by atoms with Crippen molar-refractivity contribution in [2.75, 3.05) is 13.7 Å². The van der Waals surface area contributed by atoms with Crippen LogP contribution in [-0.2, 0) is 33.3 Å². The van der Waals surface area contributed by atoms with Gasteiger partial charge in [-0.15, -0.1) is 0 Å². The highest BCUT2D eigenvalue weighted by atomic mass is 16.9. The van der Waals surface area contributed by atoms with E-state index in [1.807, 2.05) is 18.2 Å². The Morgan fingerprint density at radius 2 is 1.87 bits per heavy atom. The van der Waals surface area contributed by atoms with Crippen molar-refractivity contribution in [3.8, 4) is 11.5 Å². The van der Waals surface area contributed by atoms with Crippen LogP contribution in [0.15, 0.2) is 84.5 Å². The molecule has 0 radical (unpaired) electrons. The molecule has 2 saturated carbocycles. The summed E-state index contributed by atoms with van der Waals surface area (Å²) in [5.74, 6) is -6.10. The average molecular weight is 719 g/mol. The summed E-state index contributed by atoms with van der Waals surface area (Å²) in [6.07, 6.45) is 12.2. The van der Waals surface area contributed by atoms with Gasteiger partial charge < -0.3 is 48.8 Å². The van der Waals surface area contributed by atoms with Crippen LogP contribution in [0.5, 0.6) is 11.5 Å². The molecular formula is C40H46O12. The number of ether oxygens (including phenoxy) is 6. The smallest absolute Gasteiger partial charge is 0.331 e. The maximum Gasteiger partial charge on any atom is 0.331 e. The van der Waals surface area contributed by atoms with Gasteiger partial charge in [0.15, 0.2) is 28.5 Å². The third kappa shape index (κ3) is 4.85. The fourth-order valence-corrected chi connectivity index (χ4v) is 9.40. The summed E-state index contributed by atoms with van der Waals surface area (Å²) in [5.41, 5.74) is -6.13. The number of ketones is 1. The van der Waals surface area contributed by atoms with Crippen molar-refractivity contribution in [2.45, 2.75) is 93.3 Å². The van der Waals surface area contributed by atoms with E-state index in [2.05, 4.69) is 13.5 Å². The Kier molecular flexibility index (Phi) is 8.85. The highest BCUT2D eigenvalue weighted by Gasteiger charge is 2.90. The summed E-state index contributed by atoms with van der Waals surface area (Å²) in [5, 5.41) is 45.0. The highest BCUT2D eigenvalue weighted by Crippen LogP contribution is 2.73. The molecule has 1 aromatic rings. The second-order valence-electron chi connectivity index (χ2n) is 14.7. The number of unbranched alkanes of at least 4 members (excludes halogenated alkanes) is 1. The number of methoxy groups -OCH3 is 1. The van der Waals surface area contributed by atoms with Crippen LogP contribution in [0, 0.1) is 17.8 Å². The second-order valence-corrected chi connectivity index (χ2v) is 14.7. The van der Waals surface area contributed by atoms with Crippen LogP contribution in [0.4, 0.5) is 0 Å². The van der Waals surface area contributed by atoms with E-state index >= 15 is 0 Å². The summed E-state index contributed by atoms with van der Waals surface area (Å²) < 4.78 is 38.3. The van der Waals surface area contributed by atoms with Gasteiger partial charge in [-0.2, -0.15) is 0 Å². The number of esters is 1. The van der Waals surface area contributed by atoms with Gasteiger partial charge in [-0.05, 0) is 55.2 Å². The van der Waals surface area contributed by atoms with Crippen LogP contribution >= 0.6 is 0 Å². The van der Waals surface area contributed by atoms with Crippen LogP contribution in [0.2, 0.25) is 0 Å². The number of epoxide rings is 1. The predicted octanol–water partition coefficient (Wildman–Crippen LogP) is 3.59. The third-order valence-corrected chi connectivity index (χ3v) is 11.9. The molecule has 0 spiro atoms. The predicted molar refractivity (Wildman–Crippen MR) is 187 cm³/mol. The molecule has 12 nitrogen and oxygen atoms in total. The minimum absolute atomic E-state index is 0.0571. The summed E-state index contributed by atoms with van der Waals surface area (Å²) >= 11 is 0. The zero-order valence-electron chi connectivity index (χ0n) is 29.9. The number of rotatable bonds is 11. The Bertz CT molecular complexity index is 1830. The van der Waals surface area contributed by atoms with Gasteiger partial charge in [0.25, 0.3) is 0 Å². The first kappa shape index (κ1) is 36.5. The van der Waals surface area contributed by atoms with E-state index in [4.69, 9.17) is 28.4 Å². The molecule has 1 aromatic carbocycles. The number of aliphatic hydroxyl groups is 3. The zero-order valence-corrected chi connectivity index (χ0v) is 29.9. The molecule has 0 amide bonds. The van der Waals surface area contributed by atoms with Gasteiger partial charge in [-0.3, -0.25) is 4.79 Å². The lowest BCUT2D eigenvalue weighted by molar-refractivity contribution is -0.407. The molecule has 4 N–H and O–H groups in total. The molecule has 0 unspecified atom stereocenters. The maximum atomic E-state index is 13.9. The van der Waals surface area contributed by atoms with Crippen molar-refractivity contribution in [2.24, 2.45) is 17.8 Å². The Labute approximate surface area is 302 Å². The third-order valence-electron chi connectivity index (χ3n) is 11.9. The van der Waals surface area contributed by atoms with Gasteiger partial charge in [-0.25, -0.2) is 4.79 Å². The first-order chi connectivity index (χ1) is 24.7. The number of carbonyl (C=O) groups is 2. The topological polar surface area (TPSA) is 174 Å². The number of benzene rings is 1. The number of hydrogen-bond donors (Lipinski definition) is 4. The second kappa shape index (κ2) is 12.6. The Morgan fingerprint density at radius 3 is 2.56 bits per heavy atom. The number of phenols is 1. The molecule has 0 aromatic heterocycles. The minimum atomic E-state index is -2.47. The summed E-state index contributed by atoms with van der Waals surface area (Å²) in [7, 11) is 1.42. The molecule has 7 rings (SSSR count). The van der Waals surface area contributed by atoms with Gasteiger partial charge in [0.2, 0.25) is 0 Å². The first-order valence-corrected chi connectivity index (χ1v) is 17.7. The quantitative estimate of drug-likeness (QED) is 0.0863. The molecule has 3 aliphatic heterocycles. The zero-order chi connectivity index (χ0) is 37.4. The largest absolute Gasteiger partial charge is 0.504 e. The van der Waals surface area contributed by atoms with Gasteiger partial charge in [0.05, 0.1) is 19.3 Å². The molecular weight excluding hydrogens is 672 g/mol. The molecule has 52 heavy (non-hydrogen) atoms. The molecule has 12 atom stereocenters. The maximum absolute atomic E-state index is 13.9. The van der Waals surface area contributed by atoms with Gasteiger partial charge >= 0.3 is 11.9 Å². The number of hydrogen-bond acceptors (Lipinski definition) is 12. The van der Waals surface area contributed by atoms with E-state index in [-0.39, 0.29) is 17.1 Å². The molecule has 3 saturated heterocycles. The van der Waals surface area contributed by atoms with Crippen molar-refractivity contribution in [1.82, 2.24) is 0 Å². The van der Waals surface area contributed by atoms with Crippen molar-refractivity contribution in [3.63, 3.8) is 0 Å². The van der Waals surface area contributed by atoms with Crippen molar-refractivity contribution < 1.29 is 58.4 Å². The van der Waals surface area contributed by atoms with Crippen molar-refractivity contribution in [3.05, 3.63) is 90.1 Å². The van der Waals surface area contributed by atoms with E-state index in [1.54, 1.807) is 57.2 Å². The van der Waals surface area contributed by atoms with E-state index in [0.29, 0.717) is 11.1 Å². The first-order valence-electron chi connectivity index (χ1n) is 17.7. The van der Waals surface area contributed by atoms with Gasteiger partial charge in [0.1, 0.15) is 30.0 Å².